The van der Waals surface area contributed by atoms with Crippen LogP contribution >= 0.6 is 0 Å². The van der Waals surface area contributed by atoms with E-state index in [-0.39, 0.29) is 5.91 Å². The van der Waals surface area contributed by atoms with Gasteiger partial charge >= 0.3 is 0 Å². The number of methoxy groups -OCH3 is 1. The van der Waals surface area contributed by atoms with Gasteiger partial charge in [0, 0.05) is 11.8 Å². The van der Waals surface area contributed by atoms with Gasteiger partial charge in [0.2, 0.25) is 5.91 Å². The first-order chi connectivity index (χ1) is 10.5. The van der Waals surface area contributed by atoms with Gasteiger partial charge in [-0.05, 0) is 38.0 Å². The lowest BCUT2D eigenvalue weighted by Crippen LogP contribution is -2.37. The molecule has 3 nitrogen and oxygen atoms in total. The molecule has 0 aliphatic carbocycles. The summed E-state index contributed by atoms with van der Waals surface area (Å²) in [5.74, 6) is 0.721. The molecule has 1 atom stereocenters. The number of nitrogens with one attached hydrogen (secondary N) is 1. The van der Waals surface area contributed by atoms with E-state index < -0.39 is 5.41 Å². The van der Waals surface area contributed by atoms with E-state index in [1.165, 1.54) is 5.56 Å². The van der Waals surface area contributed by atoms with Crippen molar-refractivity contribution < 1.29 is 9.53 Å². The summed E-state index contributed by atoms with van der Waals surface area (Å²) in [6.45, 7) is 6.06. The van der Waals surface area contributed by atoms with Crippen molar-refractivity contribution >= 4 is 11.6 Å². The highest BCUT2D eigenvalue weighted by atomic mass is 16.5. The molecule has 0 heterocycles. The molecule has 0 saturated heterocycles. The van der Waals surface area contributed by atoms with Gasteiger partial charge in [0.05, 0.1) is 12.5 Å². The molecule has 2 aromatic carbocycles. The van der Waals surface area contributed by atoms with Crippen molar-refractivity contribution in [3.63, 3.8) is 0 Å². The fraction of sp³-hybridized carbons (Fsp3) is 0.316. The number of carbonyl (C=O) groups is 1. The summed E-state index contributed by atoms with van der Waals surface area (Å²) in [5, 5.41) is 3.00. The van der Waals surface area contributed by atoms with Crippen LogP contribution in [0.1, 0.15) is 31.4 Å². The van der Waals surface area contributed by atoms with Gasteiger partial charge in [-0.15, -0.1) is 0 Å². The van der Waals surface area contributed by atoms with Crippen LogP contribution in [0.4, 0.5) is 5.69 Å². The number of ether oxygens (including phenoxy) is 1. The first-order valence-electron chi connectivity index (χ1n) is 7.52. The predicted octanol–water partition coefficient (Wildman–Crippen LogP) is 4.31. The van der Waals surface area contributed by atoms with Crippen LogP contribution in [0.3, 0.4) is 0 Å². The van der Waals surface area contributed by atoms with Gasteiger partial charge in [-0.1, -0.05) is 42.8 Å². The molecule has 1 N–H and O–H groups in total. The molecule has 0 spiro atoms. The highest BCUT2D eigenvalue weighted by Gasteiger charge is 2.33. The van der Waals surface area contributed by atoms with E-state index in [4.69, 9.17) is 4.74 Å². The van der Waals surface area contributed by atoms with E-state index in [1.807, 2.05) is 69.3 Å². The molecule has 0 aliphatic heterocycles. The number of benzene rings is 2. The van der Waals surface area contributed by atoms with E-state index in [0.717, 1.165) is 23.4 Å². The Morgan fingerprint density at radius 3 is 2.45 bits per heavy atom. The zero-order chi connectivity index (χ0) is 16.2. The minimum absolute atomic E-state index is 0.00731. The molecule has 1 unspecified atom stereocenters. The summed E-state index contributed by atoms with van der Waals surface area (Å²) in [6.07, 6.45) is 0.728. The van der Waals surface area contributed by atoms with Gasteiger partial charge < -0.3 is 10.1 Å². The Labute approximate surface area is 132 Å². The number of carbonyl (C=O) groups excluding carboxylic acids is 1. The molecule has 0 aliphatic rings. The Morgan fingerprint density at radius 2 is 1.86 bits per heavy atom. The maximum Gasteiger partial charge on any atom is 0.234 e. The summed E-state index contributed by atoms with van der Waals surface area (Å²) in [5.41, 5.74) is 2.41. The molecular weight excluding hydrogens is 274 g/mol. The Balaban J connectivity index is 2.25. The number of hydrogen-bond donors (Lipinski definition) is 1. The lowest BCUT2D eigenvalue weighted by Gasteiger charge is -2.28. The van der Waals surface area contributed by atoms with E-state index in [9.17, 15) is 4.79 Å². The first kappa shape index (κ1) is 16.1. The second kappa shape index (κ2) is 6.65. The van der Waals surface area contributed by atoms with Crippen LogP contribution in [0.2, 0.25) is 0 Å². The molecule has 2 aromatic rings. The third-order valence-corrected chi connectivity index (χ3v) is 4.22. The topological polar surface area (TPSA) is 38.3 Å². The van der Waals surface area contributed by atoms with Crippen molar-refractivity contribution in [2.75, 3.05) is 12.4 Å². The van der Waals surface area contributed by atoms with Crippen LogP contribution in [0.15, 0.2) is 48.5 Å². The predicted molar refractivity (Wildman–Crippen MR) is 90.4 cm³/mol. The molecule has 0 bridgehead atoms. The average molecular weight is 297 g/mol. The molecule has 0 radical (unpaired) electrons. The van der Waals surface area contributed by atoms with Crippen LogP contribution < -0.4 is 10.1 Å². The van der Waals surface area contributed by atoms with Gasteiger partial charge in [0.1, 0.15) is 5.75 Å². The van der Waals surface area contributed by atoms with Gasteiger partial charge in [-0.25, -0.2) is 0 Å². The summed E-state index contributed by atoms with van der Waals surface area (Å²) in [4.78, 5) is 12.8. The molecule has 0 saturated carbocycles. The fourth-order valence-electron chi connectivity index (χ4n) is 2.39. The summed E-state index contributed by atoms with van der Waals surface area (Å²) < 4.78 is 5.19. The highest BCUT2D eigenvalue weighted by Crippen LogP contribution is 2.30. The molecular formula is C19H23NO2. The maximum atomic E-state index is 12.8. The van der Waals surface area contributed by atoms with Crippen molar-refractivity contribution in [3.8, 4) is 5.75 Å². The van der Waals surface area contributed by atoms with Crippen LogP contribution in [-0.4, -0.2) is 13.0 Å². The zero-order valence-electron chi connectivity index (χ0n) is 13.6. The number of hydrogen-bond acceptors (Lipinski definition) is 2. The lowest BCUT2D eigenvalue weighted by atomic mass is 9.79. The average Bonchev–Trinajstić information content (AvgIpc) is 2.54. The van der Waals surface area contributed by atoms with Crippen molar-refractivity contribution in [2.24, 2.45) is 0 Å². The van der Waals surface area contributed by atoms with Gasteiger partial charge in [-0.2, -0.15) is 0 Å². The summed E-state index contributed by atoms with van der Waals surface area (Å²) in [6, 6.07) is 15.6. The second-order valence-corrected chi connectivity index (χ2v) is 5.74. The Hall–Kier alpha value is -2.29. The Morgan fingerprint density at radius 1 is 1.18 bits per heavy atom. The highest BCUT2D eigenvalue weighted by molar-refractivity contribution is 5.99. The van der Waals surface area contributed by atoms with Gasteiger partial charge in [0.25, 0.3) is 0 Å². The number of rotatable bonds is 5. The van der Waals surface area contributed by atoms with Crippen LogP contribution in [0, 0.1) is 6.92 Å². The van der Waals surface area contributed by atoms with E-state index in [0.29, 0.717) is 0 Å². The molecule has 1 amide bonds. The Kier molecular flexibility index (Phi) is 4.86. The van der Waals surface area contributed by atoms with Gasteiger partial charge in [0.15, 0.2) is 0 Å². The largest absolute Gasteiger partial charge is 0.497 e. The third kappa shape index (κ3) is 3.30. The van der Waals surface area contributed by atoms with E-state index in [2.05, 4.69) is 5.32 Å². The smallest absolute Gasteiger partial charge is 0.234 e. The van der Waals surface area contributed by atoms with E-state index in [1.54, 1.807) is 7.11 Å². The standard InChI is InChI=1S/C19H23NO2/c1-5-19(3,15-11-9-14(2)10-12-15)18(21)20-16-7-6-8-17(13-16)22-4/h6-13H,5H2,1-4H3,(H,20,21). The van der Waals surface area contributed by atoms with Crippen molar-refractivity contribution in [1.82, 2.24) is 0 Å². The van der Waals surface area contributed by atoms with E-state index >= 15 is 0 Å². The molecule has 0 fully saturated rings. The minimum atomic E-state index is -0.559. The molecule has 116 valence electrons. The minimum Gasteiger partial charge on any atom is -0.497 e. The van der Waals surface area contributed by atoms with Crippen molar-refractivity contribution in [3.05, 3.63) is 59.7 Å². The maximum absolute atomic E-state index is 12.8. The molecule has 3 heteroatoms. The van der Waals surface area contributed by atoms with Crippen LogP contribution in [-0.2, 0) is 10.2 Å². The third-order valence-electron chi connectivity index (χ3n) is 4.22. The molecule has 2 rings (SSSR count). The zero-order valence-corrected chi connectivity index (χ0v) is 13.6. The van der Waals surface area contributed by atoms with Crippen LogP contribution in [0.25, 0.3) is 0 Å². The fourth-order valence-corrected chi connectivity index (χ4v) is 2.39. The number of amides is 1. The van der Waals surface area contributed by atoms with Crippen molar-refractivity contribution in [2.45, 2.75) is 32.6 Å². The van der Waals surface area contributed by atoms with Gasteiger partial charge in [-0.3, -0.25) is 4.79 Å². The lowest BCUT2D eigenvalue weighted by molar-refractivity contribution is -0.121. The number of anilines is 1. The normalized spacial score (nSPS) is 13.3. The molecule has 0 aromatic heterocycles. The van der Waals surface area contributed by atoms with Crippen molar-refractivity contribution in [1.29, 1.82) is 0 Å². The molecule has 22 heavy (non-hydrogen) atoms. The number of aryl methyl sites for hydroxylation is 1. The van der Waals surface area contributed by atoms with Crippen LogP contribution in [0.5, 0.6) is 5.75 Å². The first-order valence-corrected chi connectivity index (χ1v) is 7.52. The summed E-state index contributed by atoms with van der Waals surface area (Å²) >= 11 is 0. The SMILES string of the molecule is CCC(C)(C(=O)Nc1cccc(OC)c1)c1ccc(C)cc1. The Bertz CT molecular complexity index is 649. The second-order valence-electron chi connectivity index (χ2n) is 5.74. The quantitative estimate of drug-likeness (QED) is 0.893. The summed E-state index contributed by atoms with van der Waals surface area (Å²) in [7, 11) is 1.61. The monoisotopic (exact) mass is 297 g/mol.